The highest BCUT2D eigenvalue weighted by Crippen LogP contribution is 2.10. The molecule has 1 amide bonds. The Bertz CT molecular complexity index is 463. The van der Waals surface area contributed by atoms with E-state index in [4.69, 9.17) is 5.73 Å². The third-order valence-corrected chi connectivity index (χ3v) is 1.91. The van der Waals surface area contributed by atoms with Crippen LogP contribution in [-0.2, 0) is 11.2 Å². The molecule has 0 bridgehead atoms. The van der Waals surface area contributed by atoms with Crippen molar-refractivity contribution in [3.8, 4) is 0 Å². The third-order valence-electron chi connectivity index (χ3n) is 1.91. The number of aromatic nitrogens is 4. The number of nitrogens with one attached hydrogen (secondary N) is 1. The number of hydrogen-bond acceptors (Lipinski definition) is 4. The summed E-state index contributed by atoms with van der Waals surface area (Å²) in [6.07, 6.45) is 3.77. The number of rotatable bonds is 3. The summed E-state index contributed by atoms with van der Waals surface area (Å²) < 4.78 is 0. The minimum Gasteiger partial charge on any atom is -0.370 e. The lowest BCUT2D eigenvalue weighted by Crippen LogP contribution is -2.11. The highest BCUT2D eigenvalue weighted by molar-refractivity contribution is 5.76. The first-order chi connectivity index (χ1) is 6.77. The number of amides is 1. The van der Waals surface area contributed by atoms with Crippen LogP contribution in [0.1, 0.15) is 12.1 Å². The molecule has 0 radical (unpaired) electrons. The first kappa shape index (κ1) is 8.61. The molecule has 0 spiro atoms. The molecule has 0 atom stereocenters. The van der Waals surface area contributed by atoms with Gasteiger partial charge in [0.05, 0.1) is 12.0 Å². The van der Waals surface area contributed by atoms with E-state index in [0.717, 1.165) is 11.2 Å². The average Bonchev–Trinajstić information content (AvgIpc) is 2.62. The molecule has 2 heterocycles. The van der Waals surface area contributed by atoms with Gasteiger partial charge in [-0.05, 0) is 0 Å². The van der Waals surface area contributed by atoms with Gasteiger partial charge in [-0.3, -0.25) is 4.79 Å². The summed E-state index contributed by atoms with van der Waals surface area (Å²) in [6, 6.07) is 0. The number of nitrogens with zero attached hydrogens (tertiary/aromatic N) is 3. The van der Waals surface area contributed by atoms with Gasteiger partial charge in [0.2, 0.25) is 5.91 Å². The summed E-state index contributed by atoms with van der Waals surface area (Å²) in [5.41, 5.74) is 7.20. The van der Waals surface area contributed by atoms with Crippen LogP contribution in [0.25, 0.3) is 11.2 Å². The van der Waals surface area contributed by atoms with Crippen molar-refractivity contribution >= 4 is 17.1 Å². The number of fused-ring (bicyclic) bond motifs is 1. The van der Waals surface area contributed by atoms with Gasteiger partial charge < -0.3 is 10.7 Å². The van der Waals surface area contributed by atoms with E-state index in [1.54, 1.807) is 6.33 Å². The molecule has 0 aliphatic rings. The number of aryl methyl sites for hydroxylation is 1. The van der Waals surface area contributed by atoms with Gasteiger partial charge in [0.15, 0.2) is 5.65 Å². The fourth-order valence-corrected chi connectivity index (χ4v) is 1.25. The minimum absolute atomic E-state index is 0.283. The van der Waals surface area contributed by atoms with E-state index in [1.165, 1.54) is 6.33 Å². The summed E-state index contributed by atoms with van der Waals surface area (Å²) in [4.78, 5) is 25.5. The zero-order chi connectivity index (χ0) is 9.97. The van der Waals surface area contributed by atoms with Crippen molar-refractivity contribution in [2.24, 2.45) is 5.73 Å². The first-order valence-corrected chi connectivity index (χ1v) is 4.18. The van der Waals surface area contributed by atoms with Gasteiger partial charge in [-0.1, -0.05) is 0 Å². The van der Waals surface area contributed by atoms with Crippen LogP contribution in [-0.4, -0.2) is 25.8 Å². The molecule has 0 aromatic carbocycles. The Hall–Kier alpha value is -1.98. The van der Waals surface area contributed by atoms with E-state index in [-0.39, 0.29) is 12.3 Å². The van der Waals surface area contributed by atoms with Gasteiger partial charge >= 0.3 is 0 Å². The van der Waals surface area contributed by atoms with E-state index in [0.29, 0.717) is 12.1 Å². The molecule has 0 unspecified atom stereocenters. The quantitative estimate of drug-likeness (QED) is 0.700. The minimum atomic E-state index is -0.337. The molecule has 6 nitrogen and oxygen atoms in total. The number of carbonyl (C=O) groups is 1. The van der Waals surface area contributed by atoms with E-state index in [2.05, 4.69) is 19.9 Å². The summed E-state index contributed by atoms with van der Waals surface area (Å²) in [6.45, 7) is 0. The molecular formula is C8H9N5O. The maximum absolute atomic E-state index is 10.6. The fraction of sp³-hybridized carbons (Fsp3) is 0.250. The van der Waals surface area contributed by atoms with Crippen molar-refractivity contribution in [3.63, 3.8) is 0 Å². The number of primary amides is 1. The summed E-state index contributed by atoms with van der Waals surface area (Å²) in [7, 11) is 0. The second-order valence-electron chi connectivity index (χ2n) is 2.89. The standard InChI is InChI=1S/C8H9N5O/c9-6(14)2-1-5-7-8(12-3-10-5)13-4-11-7/h3-4H,1-2H2,(H2,9,14)(H,10,11,12,13). The lowest BCUT2D eigenvalue weighted by atomic mass is 10.2. The largest absolute Gasteiger partial charge is 0.370 e. The van der Waals surface area contributed by atoms with Crippen LogP contribution in [0.3, 0.4) is 0 Å². The molecule has 2 rings (SSSR count). The number of H-pyrrole nitrogens is 1. The van der Waals surface area contributed by atoms with Gasteiger partial charge in [0, 0.05) is 12.8 Å². The van der Waals surface area contributed by atoms with Crippen molar-refractivity contribution in [2.45, 2.75) is 12.8 Å². The maximum atomic E-state index is 10.6. The normalized spacial score (nSPS) is 10.6. The van der Waals surface area contributed by atoms with Gasteiger partial charge in [-0.2, -0.15) is 0 Å². The van der Waals surface area contributed by atoms with Crippen LogP contribution in [0.5, 0.6) is 0 Å². The molecule has 0 saturated heterocycles. The van der Waals surface area contributed by atoms with Crippen molar-refractivity contribution in [3.05, 3.63) is 18.3 Å². The highest BCUT2D eigenvalue weighted by Gasteiger charge is 2.06. The second-order valence-corrected chi connectivity index (χ2v) is 2.89. The lowest BCUT2D eigenvalue weighted by molar-refractivity contribution is -0.118. The molecule has 0 aliphatic heterocycles. The highest BCUT2D eigenvalue weighted by atomic mass is 16.1. The van der Waals surface area contributed by atoms with Crippen LogP contribution in [0.15, 0.2) is 12.7 Å². The van der Waals surface area contributed by atoms with E-state index in [1.807, 2.05) is 0 Å². The Kier molecular flexibility index (Phi) is 2.10. The maximum Gasteiger partial charge on any atom is 0.217 e. The SMILES string of the molecule is NC(=O)CCc1ncnc2nc[nH]c12. The Morgan fingerprint density at radius 2 is 2.29 bits per heavy atom. The van der Waals surface area contributed by atoms with Crippen molar-refractivity contribution < 1.29 is 4.79 Å². The molecular weight excluding hydrogens is 182 g/mol. The number of aromatic amines is 1. The van der Waals surface area contributed by atoms with Crippen LogP contribution >= 0.6 is 0 Å². The third kappa shape index (κ3) is 1.54. The topological polar surface area (TPSA) is 97.6 Å². The van der Waals surface area contributed by atoms with Crippen LogP contribution in [0, 0.1) is 0 Å². The van der Waals surface area contributed by atoms with Gasteiger partial charge in [-0.25, -0.2) is 15.0 Å². The molecule has 3 N–H and O–H groups in total. The molecule has 72 valence electrons. The predicted octanol–water partition coefficient (Wildman–Crippen LogP) is -0.229. The molecule has 0 aliphatic carbocycles. The summed E-state index contributed by atoms with van der Waals surface area (Å²) in [5, 5.41) is 0. The molecule has 2 aromatic heterocycles. The number of nitrogens with two attached hydrogens (primary N) is 1. The molecule has 0 fully saturated rings. The summed E-state index contributed by atoms with van der Waals surface area (Å²) >= 11 is 0. The summed E-state index contributed by atoms with van der Waals surface area (Å²) in [5.74, 6) is -0.337. The molecule has 0 saturated carbocycles. The molecule has 14 heavy (non-hydrogen) atoms. The van der Waals surface area contributed by atoms with Crippen molar-refractivity contribution in [1.82, 2.24) is 19.9 Å². The van der Waals surface area contributed by atoms with E-state index < -0.39 is 0 Å². The van der Waals surface area contributed by atoms with E-state index in [9.17, 15) is 4.79 Å². The Morgan fingerprint density at radius 1 is 1.43 bits per heavy atom. The monoisotopic (exact) mass is 191 g/mol. The predicted molar refractivity (Wildman–Crippen MR) is 49.2 cm³/mol. The van der Waals surface area contributed by atoms with Gasteiger partial charge in [-0.15, -0.1) is 0 Å². The van der Waals surface area contributed by atoms with Crippen molar-refractivity contribution in [2.75, 3.05) is 0 Å². The van der Waals surface area contributed by atoms with Crippen LogP contribution in [0.4, 0.5) is 0 Å². The molecule has 6 heteroatoms. The van der Waals surface area contributed by atoms with Crippen molar-refractivity contribution in [1.29, 1.82) is 0 Å². The zero-order valence-electron chi connectivity index (χ0n) is 7.40. The smallest absolute Gasteiger partial charge is 0.217 e. The fourth-order valence-electron chi connectivity index (χ4n) is 1.25. The Labute approximate surface area is 79.6 Å². The van der Waals surface area contributed by atoms with Crippen LogP contribution in [0.2, 0.25) is 0 Å². The molecule has 2 aromatic rings. The Balaban J connectivity index is 2.32. The zero-order valence-corrected chi connectivity index (χ0v) is 7.40. The van der Waals surface area contributed by atoms with E-state index >= 15 is 0 Å². The number of hydrogen-bond donors (Lipinski definition) is 2. The number of imidazole rings is 1. The average molecular weight is 191 g/mol. The number of carbonyl (C=O) groups excluding carboxylic acids is 1. The van der Waals surface area contributed by atoms with Gasteiger partial charge in [0.1, 0.15) is 11.8 Å². The Morgan fingerprint density at radius 3 is 3.07 bits per heavy atom. The van der Waals surface area contributed by atoms with Crippen LogP contribution < -0.4 is 5.73 Å². The van der Waals surface area contributed by atoms with Gasteiger partial charge in [0.25, 0.3) is 0 Å². The first-order valence-electron chi connectivity index (χ1n) is 4.18. The lowest BCUT2D eigenvalue weighted by Gasteiger charge is -1.98. The second kappa shape index (κ2) is 3.41.